The van der Waals surface area contributed by atoms with Crippen molar-refractivity contribution in [1.29, 1.82) is 0 Å². The number of piperazine rings is 1. The largest absolute Gasteiger partial charge is 0.338 e. The van der Waals surface area contributed by atoms with Crippen LogP contribution in [0.15, 0.2) is 28.8 Å². The Labute approximate surface area is 139 Å². The molecule has 1 fully saturated rings. The lowest BCUT2D eigenvalue weighted by Gasteiger charge is -2.33. The van der Waals surface area contributed by atoms with Crippen molar-refractivity contribution in [2.24, 2.45) is 0 Å². The van der Waals surface area contributed by atoms with Gasteiger partial charge in [0.05, 0.1) is 18.8 Å². The van der Waals surface area contributed by atoms with Crippen LogP contribution in [-0.4, -0.2) is 58.6 Å². The maximum Gasteiger partial charge on any atom is 0.240 e. The van der Waals surface area contributed by atoms with Crippen molar-refractivity contribution in [1.82, 2.24) is 19.9 Å². The fourth-order valence-corrected chi connectivity index (χ4v) is 2.66. The molecular formula is C16H20FN5O2. The average molecular weight is 333 g/mol. The summed E-state index contributed by atoms with van der Waals surface area (Å²) in [5.74, 6) is 0.610. The summed E-state index contributed by atoms with van der Waals surface area (Å²) >= 11 is 0. The highest BCUT2D eigenvalue weighted by molar-refractivity contribution is 5.92. The van der Waals surface area contributed by atoms with Gasteiger partial charge >= 0.3 is 0 Å². The molecule has 8 heteroatoms. The topological polar surface area (TPSA) is 74.5 Å². The molecule has 1 aromatic carbocycles. The summed E-state index contributed by atoms with van der Waals surface area (Å²) < 4.78 is 18.7. The molecule has 0 atom stereocenters. The number of rotatable bonds is 5. The van der Waals surface area contributed by atoms with E-state index in [1.165, 1.54) is 6.07 Å². The first-order valence-electron chi connectivity index (χ1n) is 7.88. The van der Waals surface area contributed by atoms with E-state index in [1.807, 2.05) is 4.90 Å². The first-order valence-corrected chi connectivity index (χ1v) is 7.88. The molecule has 1 aliphatic rings. The SMILES string of the molecule is Cc1noc(CN2CCN(CC(=O)Nc3ccccc3F)CC2)n1. The fraction of sp³-hybridized carbons (Fsp3) is 0.438. The standard InChI is InChI=1S/C16H20FN5O2/c1-12-18-16(24-20-12)11-22-8-6-21(7-9-22)10-15(23)19-14-5-3-2-4-13(14)17/h2-5H,6-11H2,1H3,(H,19,23). The van der Waals surface area contributed by atoms with Gasteiger partial charge in [0.2, 0.25) is 11.8 Å². The zero-order valence-electron chi connectivity index (χ0n) is 13.5. The zero-order valence-corrected chi connectivity index (χ0v) is 13.5. The van der Waals surface area contributed by atoms with Crippen molar-refractivity contribution in [2.45, 2.75) is 13.5 Å². The van der Waals surface area contributed by atoms with Crippen molar-refractivity contribution < 1.29 is 13.7 Å². The van der Waals surface area contributed by atoms with E-state index in [2.05, 4.69) is 20.4 Å². The summed E-state index contributed by atoms with van der Waals surface area (Å²) in [6, 6.07) is 6.16. The molecule has 0 spiro atoms. The third-order valence-corrected chi connectivity index (χ3v) is 3.91. The molecule has 0 saturated carbocycles. The number of halogens is 1. The number of benzene rings is 1. The highest BCUT2D eigenvalue weighted by Gasteiger charge is 2.20. The first-order chi connectivity index (χ1) is 11.6. The lowest BCUT2D eigenvalue weighted by molar-refractivity contribution is -0.117. The normalized spacial score (nSPS) is 16.2. The van der Waals surface area contributed by atoms with Crippen LogP contribution >= 0.6 is 0 Å². The molecule has 0 aliphatic carbocycles. The number of para-hydroxylation sites is 1. The van der Waals surface area contributed by atoms with Crippen LogP contribution in [0.4, 0.5) is 10.1 Å². The van der Waals surface area contributed by atoms with E-state index in [0.717, 1.165) is 26.2 Å². The number of anilines is 1. The molecule has 24 heavy (non-hydrogen) atoms. The van der Waals surface area contributed by atoms with E-state index < -0.39 is 5.82 Å². The second-order valence-electron chi connectivity index (χ2n) is 5.82. The van der Waals surface area contributed by atoms with E-state index in [4.69, 9.17) is 4.52 Å². The number of nitrogens with one attached hydrogen (secondary N) is 1. The van der Waals surface area contributed by atoms with Crippen LogP contribution in [0.2, 0.25) is 0 Å². The predicted molar refractivity (Wildman–Crippen MR) is 85.8 cm³/mol. The Morgan fingerprint density at radius 3 is 2.62 bits per heavy atom. The van der Waals surface area contributed by atoms with Crippen molar-refractivity contribution in [3.8, 4) is 0 Å². The maximum absolute atomic E-state index is 13.5. The predicted octanol–water partition coefficient (Wildman–Crippen LogP) is 1.27. The Hall–Kier alpha value is -2.32. The second kappa shape index (κ2) is 7.50. The van der Waals surface area contributed by atoms with Crippen molar-refractivity contribution in [3.05, 3.63) is 41.8 Å². The van der Waals surface area contributed by atoms with Gasteiger partial charge in [-0.05, 0) is 19.1 Å². The fourth-order valence-electron chi connectivity index (χ4n) is 2.66. The van der Waals surface area contributed by atoms with Gasteiger partial charge in [-0.25, -0.2) is 4.39 Å². The van der Waals surface area contributed by atoms with Crippen LogP contribution in [0.5, 0.6) is 0 Å². The number of hydrogen-bond donors (Lipinski definition) is 1. The quantitative estimate of drug-likeness (QED) is 0.888. The van der Waals surface area contributed by atoms with Gasteiger partial charge in [0, 0.05) is 26.2 Å². The number of nitrogens with zero attached hydrogens (tertiary/aromatic N) is 4. The Balaban J connectivity index is 1.43. The molecule has 2 heterocycles. The minimum absolute atomic E-state index is 0.207. The van der Waals surface area contributed by atoms with Gasteiger partial charge in [-0.2, -0.15) is 4.98 Å². The summed E-state index contributed by atoms with van der Waals surface area (Å²) in [5, 5.41) is 6.39. The van der Waals surface area contributed by atoms with Crippen LogP contribution in [0.3, 0.4) is 0 Å². The van der Waals surface area contributed by atoms with Crippen LogP contribution in [0, 0.1) is 12.7 Å². The Kier molecular flexibility index (Phi) is 5.17. The third-order valence-electron chi connectivity index (χ3n) is 3.91. The highest BCUT2D eigenvalue weighted by Crippen LogP contribution is 2.12. The molecule has 0 bridgehead atoms. The molecule has 1 amide bonds. The Bertz CT molecular complexity index is 697. The minimum Gasteiger partial charge on any atom is -0.338 e. The van der Waals surface area contributed by atoms with Gasteiger partial charge < -0.3 is 9.84 Å². The number of amides is 1. The maximum atomic E-state index is 13.5. The van der Waals surface area contributed by atoms with Crippen LogP contribution in [0.1, 0.15) is 11.7 Å². The lowest BCUT2D eigenvalue weighted by atomic mass is 10.3. The molecule has 128 valence electrons. The molecule has 0 unspecified atom stereocenters. The molecule has 1 saturated heterocycles. The summed E-state index contributed by atoms with van der Waals surface area (Å²) in [6.07, 6.45) is 0. The van der Waals surface area contributed by atoms with Gasteiger partial charge in [0.25, 0.3) is 0 Å². The molecule has 3 rings (SSSR count). The van der Waals surface area contributed by atoms with Gasteiger partial charge in [0.1, 0.15) is 5.82 Å². The van der Waals surface area contributed by atoms with Crippen molar-refractivity contribution in [2.75, 3.05) is 38.0 Å². The number of aromatic nitrogens is 2. The van der Waals surface area contributed by atoms with Gasteiger partial charge in [0.15, 0.2) is 5.82 Å². The molecular weight excluding hydrogens is 313 g/mol. The molecule has 1 aromatic heterocycles. The minimum atomic E-state index is -0.425. The number of carbonyl (C=O) groups is 1. The van der Waals surface area contributed by atoms with Gasteiger partial charge in [-0.1, -0.05) is 17.3 Å². The van der Waals surface area contributed by atoms with E-state index >= 15 is 0 Å². The number of hydrogen-bond acceptors (Lipinski definition) is 6. The molecule has 0 radical (unpaired) electrons. The van der Waals surface area contributed by atoms with E-state index in [9.17, 15) is 9.18 Å². The van der Waals surface area contributed by atoms with E-state index in [-0.39, 0.29) is 18.1 Å². The highest BCUT2D eigenvalue weighted by atomic mass is 19.1. The van der Waals surface area contributed by atoms with Gasteiger partial charge in [-0.3, -0.25) is 14.6 Å². The third kappa shape index (κ3) is 4.36. The Morgan fingerprint density at radius 1 is 1.25 bits per heavy atom. The summed E-state index contributed by atoms with van der Waals surface area (Å²) in [7, 11) is 0. The summed E-state index contributed by atoms with van der Waals surface area (Å²) in [4.78, 5) is 20.5. The summed E-state index contributed by atoms with van der Waals surface area (Å²) in [6.45, 7) is 5.81. The van der Waals surface area contributed by atoms with Crippen molar-refractivity contribution in [3.63, 3.8) is 0 Å². The Morgan fingerprint density at radius 2 is 1.96 bits per heavy atom. The van der Waals surface area contributed by atoms with Crippen LogP contribution in [0.25, 0.3) is 0 Å². The molecule has 1 aliphatic heterocycles. The molecule has 1 N–H and O–H groups in total. The van der Waals surface area contributed by atoms with Crippen molar-refractivity contribution >= 4 is 11.6 Å². The monoisotopic (exact) mass is 333 g/mol. The van der Waals surface area contributed by atoms with E-state index in [0.29, 0.717) is 18.3 Å². The van der Waals surface area contributed by atoms with Crippen LogP contribution in [-0.2, 0) is 11.3 Å². The molecule has 7 nitrogen and oxygen atoms in total. The number of carbonyl (C=O) groups excluding carboxylic acids is 1. The van der Waals surface area contributed by atoms with Crippen LogP contribution < -0.4 is 5.32 Å². The van der Waals surface area contributed by atoms with Gasteiger partial charge in [-0.15, -0.1) is 0 Å². The zero-order chi connectivity index (χ0) is 16.9. The second-order valence-corrected chi connectivity index (χ2v) is 5.82. The smallest absolute Gasteiger partial charge is 0.240 e. The van der Waals surface area contributed by atoms with E-state index in [1.54, 1.807) is 25.1 Å². The average Bonchev–Trinajstić information content (AvgIpc) is 2.96. The summed E-state index contributed by atoms with van der Waals surface area (Å²) in [5.41, 5.74) is 0.216. The first kappa shape index (κ1) is 16.5. The lowest BCUT2D eigenvalue weighted by Crippen LogP contribution is -2.48. The number of aryl methyl sites for hydroxylation is 1. The molecule has 2 aromatic rings.